The fourth-order valence-corrected chi connectivity index (χ4v) is 3.52. The molecule has 7 heteroatoms. The molecule has 0 saturated heterocycles. The van der Waals surface area contributed by atoms with Gasteiger partial charge in [-0.3, -0.25) is 0 Å². The van der Waals surface area contributed by atoms with Crippen molar-refractivity contribution in [2.24, 2.45) is 5.73 Å². The van der Waals surface area contributed by atoms with E-state index in [1.54, 1.807) is 31.2 Å². The Hall–Kier alpha value is -1.18. The number of rotatable bonds is 8. The second kappa shape index (κ2) is 7.56. The first-order valence-corrected chi connectivity index (χ1v) is 8.38. The van der Waals surface area contributed by atoms with E-state index in [1.807, 2.05) is 6.92 Å². The summed E-state index contributed by atoms with van der Waals surface area (Å²) in [5, 5.41) is 0. The molecule has 2 N–H and O–H groups in total. The molecule has 0 saturated carbocycles. The van der Waals surface area contributed by atoms with Crippen LogP contribution in [0.1, 0.15) is 19.4 Å². The number of hydrogen-bond donors (Lipinski definition) is 1. The van der Waals surface area contributed by atoms with Gasteiger partial charge in [-0.2, -0.15) is 4.31 Å². The van der Waals surface area contributed by atoms with Crippen molar-refractivity contribution in [1.82, 2.24) is 4.31 Å². The van der Waals surface area contributed by atoms with Crippen LogP contribution < -0.4 is 10.5 Å². The van der Waals surface area contributed by atoms with Crippen molar-refractivity contribution in [2.45, 2.75) is 19.6 Å². The molecule has 0 bridgehead atoms. The number of benzene rings is 1. The van der Waals surface area contributed by atoms with E-state index >= 15 is 0 Å². The molecule has 0 aliphatic rings. The van der Waals surface area contributed by atoms with Crippen LogP contribution >= 0.6 is 12.2 Å². The van der Waals surface area contributed by atoms with Gasteiger partial charge in [-0.05, 0) is 24.6 Å². The molecule has 0 heterocycles. The van der Waals surface area contributed by atoms with Crippen LogP contribution in [0.15, 0.2) is 24.3 Å². The highest BCUT2D eigenvalue weighted by Gasteiger charge is 2.21. The highest BCUT2D eigenvalue weighted by Crippen LogP contribution is 2.17. The highest BCUT2D eigenvalue weighted by atomic mass is 32.2. The minimum absolute atomic E-state index is 0.0688. The summed E-state index contributed by atoms with van der Waals surface area (Å²) in [6, 6.07) is 7.07. The van der Waals surface area contributed by atoms with Gasteiger partial charge in [0.15, 0.2) is 0 Å². The Morgan fingerprint density at radius 3 is 2.65 bits per heavy atom. The second-order valence-electron chi connectivity index (χ2n) is 4.23. The summed E-state index contributed by atoms with van der Waals surface area (Å²) in [5.74, 6) is 0.572. The lowest BCUT2D eigenvalue weighted by Crippen LogP contribution is -2.38. The first kappa shape index (κ1) is 16.9. The van der Waals surface area contributed by atoms with Gasteiger partial charge in [-0.1, -0.05) is 31.3 Å². The summed E-state index contributed by atoms with van der Waals surface area (Å²) in [5.41, 5.74) is 6.11. The quantitative estimate of drug-likeness (QED) is 0.736. The van der Waals surface area contributed by atoms with Crippen molar-refractivity contribution in [1.29, 1.82) is 0 Å². The van der Waals surface area contributed by atoms with Gasteiger partial charge >= 0.3 is 0 Å². The smallest absolute Gasteiger partial charge is 0.218 e. The highest BCUT2D eigenvalue weighted by molar-refractivity contribution is 7.88. The largest absolute Gasteiger partial charge is 0.494 e. The van der Waals surface area contributed by atoms with Crippen molar-refractivity contribution in [3.05, 3.63) is 29.8 Å². The third-order valence-corrected chi connectivity index (χ3v) is 4.64. The van der Waals surface area contributed by atoms with Gasteiger partial charge < -0.3 is 10.5 Å². The Bertz CT molecular complexity index is 558. The van der Waals surface area contributed by atoms with Gasteiger partial charge in [-0.25, -0.2) is 8.42 Å². The first-order valence-electron chi connectivity index (χ1n) is 6.37. The molecule has 0 unspecified atom stereocenters. The predicted molar refractivity (Wildman–Crippen MR) is 84.3 cm³/mol. The maximum atomic E-state index is 12.3. The lowest BCUT2D eigenvalue weighted by atomic mass is 10.2. The van der Waals surface area contributed by atoms with E-state index in [1.165, 1.54) is 4.31 Å². The number of nitrogens with zero attached hydrogens (tertiary/aromatic N) is 1. The van der Waals surface area contributed by atoms with Crippen molar-refractivity contribution in [3.63, 3.8) is 0 Å². The molecule has 0 aliphatic carbocycles. The molecule has 1 aromatic rings. The zero-order valence-electron chi connectivity index (χ0n) is 11.7. The molecule has 0 fully saturated rings. The monoisotopic (exact) mass is 316 g/mol. The molecule has 0 radical (unpaired) electrons. The third kappa shape index (κ3) is 5.07. The molecule has 20 heavy (non-hydrogen) atoms. The minimum atomic E-state index is -3.44. The summed E-state index contributed by atoms with van der Waals surface area (Å²) < 4.78 is 31.3. The van der Waals surface area contributed by atoms with Gasteiger partial charge in [0, 0.05) is 6.54 Å². The number of nitrogens with two attached hydrogens (primary N) is 1. The average molecular weight is 316 g/mol. The number of likely N-dealkylation sites (N-methyl/N-ethyl adjacent to an activating group) is 1. The van der Waals surface area contributed by atoms with Crippen molar-refractivity contribution in [3.8, 4) is 5.75 Å². The van der Waals surface area contributed by atoms with Crippen LogP contribution in [-0.4, -0.2) is 37.4 Å². The second-order valence-corrected chi connectivity index (χ2v) is 6.72. The first-order chi connectivity index (χ1) is 9.39. The van der Waals surface area contributed by atoms with Crippen molar-refractivity contribution < 1.29 is 13.2 Å². The lowest BCUT2D eigenvalue weighted by molar-refractivity contribution is 0.340. The van der Waals surface area contributed by atoms with Crippen molar-refractivity contribution in [2.75, 3.05) is 19.7 Å². The Labute approximate surface area is 125 Å². The molecule has 0 aromatic heterocycles. The van der Waals surface area contributed by atoms with Gasteiger partial charge in [-0.15, -0.1) is 0 Å². The van der Waals surface area contributed by atoms with E-state index in [-0.39, 0.29) is 17.3 Å². The molecule has 0 amide bonds. The summed E-state index contributed by atoms with van der Waals surface area (Å²) in [6.07, 6.45) is 0. The fourth-order valence-electron chi connectivity index (χ4n) is 1.77. The third-order valence-electron chi connectivity index (χ3n) is 2.64. The summed E-state index contributed by atoms with van der Waals surface area (Å²) in [7, 11) is -3.44. The Morgan fingerprint density at radius 2 is 2.10 bits per heavy atom. The van der Waals surface area contributed by atoms with Crippen LogP contribution in [0.25, 0.3) is 0 Å². The number of hydrogen-bond acceptors (Lipinski definition) is 4. The molecule has 1 aromatic carbocycles. The molecule has 5 nitrogen and oxygen atoms in total. The van der Waals surface area contributed by atoms with Crippen LogP contribution in [0, 0.1) is 0 Å². The molecular weight excluding hydrogens is 296 g/mol. The molecule has 0 aliphatic heterocycles. The molecule has 0 atom stereocenters. The Balaban J connectivity index is 2.89. The summed E-state index contributed by atoms with van der Waals surface area (Å²) in [4.78, 5) is 0.165. The topological polar surface area (TPSA) is 72.6 Å². The normalized spacial score (nSPS) is 11.6. The molecule has 112 valence electrons. The van der Waals surface area contributed by atoms with E-state index in [2.05, 4.69) is 0 Å². The number of ether oxygens (including phenoxy) is 1. The Kier molecular flexibility index (Phi) is 6.38. The van der Waals surface area contributed by atoms with E-state index in [4.69, 9.17) is 22.7 Å². The SMILES string of the molecule is CCOc1cccc(CS(=O)(=O)N(CC)CC(N)=S)c1. The van der Waals surface area contributed by atoms with Gasteiger partial charge in [0.25, 0.3) is 0 Å². The average Bonchev–Trinajstić information content (AvgIpc) is 2.35. The summed E-state index contributed by atoms with van der Waals surface area (Å²) >= 11 is 4.78. The fraction of sp³-hybridized carbons (Fsp3) is 0.462. The van der Waals surface area contributed by atoms with Crippen LogP contribution in [0.3, 0.4) is 0 Å². The van der Waals surface area contributed by atoms with E-state index in [9.17, 15) is 8.42 Å². The Morgan fingerprint density at radius 1 is 1.40 bits per heavy atom. The molecule has 0 spiro atoms. The van der Waals surface area contributed by atoms with Crippen LogP contribution in [0.2, 0.25) is 0 Å². The van der Waals surface area contributed by atoms with Crippen LogP contribution in [0.4, 0.5) is 0 Å². The van der Waals surface area contributed by atoms with E-state index in [0.29, 0.717) is 24.5 Å². The van der Waals surface area contributed by atoms with Crippen molar-refractivity contribution >= 4 is 27.2 Å². The zero-order chi connectivity index (χ0) is 15.2. The zero-order valence-corrected chi connectivity index (χ0v) is 13.3. The molecular formula is C13H20N2O3S2. The minimum Gasteiger partial charge on any atom is -0.494 e. The van der Waals surface area contributed by atoms with Crippen LogP contribution in [0.5, 0.6) is 5.75 Å². The number of sulfonamides is 1. The predicted octanol–water partition coefficient (Wildman–Crippen LogP) is 1.52. The molecule has 1 rings (SSSR count). The van der Waals surface area contributed by atoms with Gasteiger partial charge in [0.05, 0.1) is 23.9 Å². The van der Waals surface area contributed by atoms with Gasteiger partial charge in [0.1, 0.15) is 5.75 Å². The standard InChI is InChI=1S/C13H20N2O3S2/c1-3-15(9-13(14)19)20(16,17)10-11-6-5-7-12(8-11)18-4-2/h5-8H,3-4,9-10H2,1-2H3,(H2,14,19). The lowest BCUT2D eigenvalue weighted by Gasteiger charge is -2.19. The summed E-state index contributed by atoms with van der Waals surface area (Å²) in [6.45, 7) is 4.58. The van der Waals surface area contributed by atoms with E-state index < -0.39 is 10.0 Å². The maximum Gasteiger partial charge on any atom is 0.218 e. The van der Waals surface area contributed by atoms with Gasteiger partial charge in [0.2, 0.25) is 10.0 Å². The maximum absolute atomic E-state index is 12.3. The number of thiocarbonyl (C=S) groups is 1. The van der Waals surface area contributed by atoms with E-state index in [0.717, 1.165) is 0 Å². The van der Waals surface area contributed by atoms with Crippen LogP contribution in [-0.2, 0) is 15.8 Å².